The first-order chi connectivity index (χ1) is 14.8. The molecule has 2 aromatic rings. The molecule has 0 amide bonds. The minimum Gasteiger partial charge on any atom is -0.489 e. The van der Waals surface area contributed by atoms with Gasteiger partial charge in [0.25, 0.3) is 0 Å². The van der Waals surface area contributed by atoms with Crippen molar-refractivity contribution in [3.63, 3.8) is 0 Å². The number of allylic oxidation sites excluding steroid dienone is 1. The van der Waals surface area contributed by atoms with Crippen LogP contribution < -0.4 is 10.5 Å². The topological polar surface area (TPSA) is 80.3 Å². The molecular weight excluding hydrogens is 397 g/mol. The minimum atomic E-state index is -1.04. The maximum Gasteiger partial charge on any atom is 0.221 e. The van der Waals surface area contributed by atoms with E-state index >= 15 is 0 Å². The molecule has 2 aliphatic heterocycles. The van der Waals surface area contributed by atoms with Gasteiger partial charge in [0.15, 0.2) is 0 Å². The number of hydroxylamine groups is 2. The van der Waals surface area contributed by atoms with E-state index in [1.54, 1.807) is 13.1 Å². The first kappa shape index (κ1) is 21.3. The third-order valence-electron chi connectivity index (χ3n) is 5.71. The summed E-state index contributed by atoms with van der Waals surface area (Å²) in [5.41, 5.74) is 8.53. The first-order valence-corrected chi connectivity index (χ1v) is 10.4. The molecule has 2 heterocycles. The van der Waals surface area contributed by atoms with Crippen molar-refractivity contribution in [3.05, 3.63) is 65.5 Å². The van der Waals surface area contributed by atoms with Crippen LogP contribution in [0, 0.1) is 11.7 Å². The van der Waals surface area contributed by atoms with Gasteiger partial charge in [-0.15, -0.1) is 0 Å². The van der Waals surface area contributed by atoms with Crippen molar-refractivity contribution in [1.82, 2.24) is 5.06 Å². The molecule has 0 saturated heterocycles. The zero-order valence-corrected chi connectivity index (χ0v) is 18.0. The number of aliphatic hydroxyl groups excluding tert-OH is 1. The molecule has 0 bridgehead atoms. The van der Waals surface area contributed by atoms with Gasteiger partial charge in [0.2, 0.25) is 11.7 Å². The lowest BCUT2D eigenvalue weighted by atomic mass is 9.84. The summed E-state index contributed by atoms with van der Waals surface area (Å²) in [5, 5.41) is 11.1. The monoisotopic (exact) mass is 425 g/mol. The summed E-state index contributed by atoms with van der Waals surface area (Å²) in [6, 6.07) is 12.1. The fourth-order valence-electron chi connectivity index (χ4n) is 4.31. The third-order valence-corrected chi connectivity index (χ3v) is 5.71. The Morgan fingerprint density at radius 1 is 1.32 bits per heavy atom. The van der Waals surface area contributed by atoms with Gasteiger partial charge >= 0.3 is 0 Å². The van der Waals surface area contributed by atoms with Crippen molar-refractivity contribution in [3.8, 4) is 16.9 Å². The summed E-state index contributed by atoms with van der Waals surface area (Å²) in [6.07, 6.45) is 2.87. The van der Waals surface area contributed by atoms with Crippen molar-refractivity contribution >= 4 is 5.96 Å². The van der Waals surface area contributed by atoms with Gasteiger partial charge in [0.05, 0.1) is 5.56 Å². The van der Waals surface area contributed by atoms with Crippen LogP contribution in [-0.4, -0.2) is 35.9 Å². The first-order valence-electron chi connectivity index (χ1n) is 10.4. The van der Waals surface area contributed by atoms with E-state index in [1.165, 1.54) is 17.2 Å². The summed E-state index contributed by atoms with van der Waals surface area (Å²) < 4.78 is 20.2. The largest absolute Gasteiger partial charge is 0.489 e. The fourth-order valence-corrected chi connectivity index (χ4v) is 4.31. The van der Waals surface area contributed by atoms with Gasteiger partial charge in [0.1, 0.15) is 17.7 Å². The number of nitrogens with zero attached hydrogens (tertiary/aromatic N) is 2. The normalized spacial score (nSPS) is 23.2. The van der Waals surface area contributed by atoms with Crippen molar-refractivity contribution in [1.29, 1.82) is 0 Å². The second kappa shape index (κ2) is 8.32. The lowest BCUT2D eigenvalue weighted by Gasteiger charge is -2.39. The summed E-state index contributed by atoms with van der Waals surface area (Å²) in [4.78, 5) is 10.9. The molecule has 164 valence electrons. The third kappa shape index (κ3) is 4.16. The van der Waals surface area contributed by atoms with Gasteiger partial charge in [-0.05, 0) is 55.7 Å². The number of guanidine groups is 1. The van der Waals surface area contributed by atoms with Crippen LogP contribution in [0.15, 0.2) is 59.1 Å². The van der Waals surface area contributed by atoms with Gasteiger partial charge in [-0.3, -0.25) is 0 Å². The molecule has 0 aromatic heterocycles. The second-order valence-corrected chi connectivity index (χ2v) is 8.35. The number of hydrogen-bond donors (Lipinski definition) is 2. The Balaban J connectivity index is 1.80. The number of rotatable bonds is 5. The Labute approximate surface area is 181 Å². The molecule has 0 radical (unpaired) electrons. The average Bonchev–Trinajstić information content (AvgIpc) is 3.00. The number of halogens is 1. The number of nitrogens with two attached hydrogens (primary N) is 1. The van der Waals surface area contributed by atoms with Crippen molar-refractivity contribution < 1.29 is 19.1 Å². The summed E-state index contributed by atoms with van der Waals surface area (Å²) in [7, 11) is 1.72. The Kier molecular flexibility index (Phi) is 5.73. The summed E-state index contributed by atoms with van der Waals surface area (Å²) in [6.45, 7) is 4.11. The highest BCUT2D eigenvalue weighted by atomic mass is 19.1. The maximum absolute atomic E-state index is 13.8. The molecule has 4 rings (SSSR count). The van der Waals surface area contributed by atoms with Crippen LogP contribution in [0.4, 0.5) is 4.39 Å². The zero-order valence-electron chi connectivity index (χ0n) is 18.0. The van der Waals surface area contributed by atoms with Crippen molar-refractivity contribution in [2.45, 2.75) is 38.5 Å². The Bertz CT molecular complexity index is 1030. The number of fused-ring (bicyclic) bond motifs is 2. The zero-order chi connectivity index (χ0) is 22.2. The number of ether oxygens (including phenoxy) is 1. The molecule has 2 aliphatic rings. The molecule has 0 saturated carbocycles. The number of hydrogen-bond acceptors (Lipinski definition) is 6. The predicted molar refractivity (Wildman–Crippen MR) is 118 cm³/mol. The predicted octanol–water partition coefficient (Wildman–Crippen LogP) is 3.95. The quantitative estimate of drug-likeness (QED) is 0.709. The van der Waals surface area contributed by atoms with Gasteiger partial charge < -0.3 is 15.6 Å². The molecule has 0 aliphatic carbocycles. The lowest BCUT2D eigenvalue weighted by molar-refractivity contribution is -0.193. The highest BCUT2D eigenvalue weighted by Crippen LogP contribution is 2.48. The molecule has 1 spiro atoms. The number of aliphatic hydroxyl groups is 1. The van der Waals surface area contributed by atoms with E-state index in [-0.39, 0.29) is 30.4 Å². The Hall–Kier alpha value is -2.90. The average molecular weight is 426 g/mol. The van der Waals surface area contributed by atoms with E-state index < -0.39 is 5.72 Å². The van der Waals surface area contributed by atoms with E-state index in [9.17, 15) is 9.50 Å². The van der Waals surface area contributed by atoms with Crippen LogP contribution in [-0.2, 0) is 10.6 Å². The van der Waals surface area contributed by atoms with E-state index in [1.807, 2.05) is 38.1 Å². The smallest absolute Gasteiger partial charge is 0.221 e. The SMILES string of the molecule is CC(C)=CC(CCO)C1CC2(N=C(N)N(C)O2)c2cc(-c3cccc(F)c3)ccc2O1. The lowest BCUT2D eigenvalue weighted by Crippen LogP contribution is -2.42. The second-order valence-electron chi connectivity index (χ2n) is 8.35. The van der Waals surface area contributed by atoms with Gasteiger partial charge in [-0.1, -0.05) is 29.8 Å². The number of benzene rings is 2. The molecule has 3 atom stereocenters. The summed E-state index contributed by atoms with van der Waals surface area (Å²) >= 11 is 0. The highest BCUT2D eigenvalue weighted by molar-refractivity contribution is 5.79. The van der Waals surface area contributed by atoms with E-state index in [0.717, 1.165) is 22.3 Å². The molecule has 0 fully saturated rings. The molecule has 3 N–H and O–H groups in total. The molecule has 6 nitrogen and oxygen atoms in total. The van der Waals surface area contributed by atoms with E-state index in [2.05, 4.69) is 11.1 Å². The highest BCUT2D eigenvalue weighted by Gasteiger charge is 2.49. The number of aliphatic imine (C=N–C) groups is 1. The Morgan fingerprint density at radius 2 is 2.10 bits per heavy atom. The molecule has 2 aromatic carbocycles. The molecular formula is C24H28FN3O3. The van der Waals surface area contributed by atoms with Gasteiger partial charge in [-0.2, -0.15) is 0 Å². The van der Waals surface area contributed by atoms with E-state index in [4.69, 9.17) is 15.3 Å². The molecule has 31 heavy (non-hydrogen) atoms. The van der Waals surface area contributed by atoms with E-state index in [0.29, 0.717) is 18.6 Å². The van der Waals surface area contributed by atoms with Crippen LogP contribution in [0.1, 0.15) is 32.3 Å². The van der Waals surface area contributed by atoms with Crippen molar-refractivity contribution in [2.24, 2.45) is 16.6 Å². The van der Waals surface area contributed by atoms with Crippen LogP contribution in [0.3, 0.4) is 0 Å². The van der Waals surface area contributed by atoms with Crippen LogP contribution in [0.2, 0.25) is 0 Å². The standard InChI is InChI=1S/C24H28FN3O3/c1-15(2)11-18(9-10-29)22-14-24(27-23(26)28(3)31-24)20-13-17(7-8-21(20)30-22)16-5-4-6-19(25)12-16/h4-8,11-13,18,22,29H,9-10,14H2,1-3H3,(H2,26,27). The summed E-state index contributed by atoms with van der Waals surface area (Å²) in [5.74, 6) is 0.625. The fraction of sp³-hybridized carbons (Fsp3) is 0.375. The molecule has 3 unspecified atom stereocenters. The van der Waals surface area contributed by atoms with Gasteiger partial charge in [0, 0.05) is 26.0 Å². The Morgan fingerprint density at radius 3 is 2.74 bits per heavy atom. The van der Waals surface area contributed by atoms with Crippen LogP contribution >= 0.6 is 0 Å². The van der Waals surface area contributed by atoms with Crippen molar-refractivity contribution in [2.75, 3.05) is 13.7 Å². The minimum absolute atomic E-state index is 0.00569. The molecule has 7 heteroatoms. The van der Waals surface area contributed by atoms with Crippen LogP contribution in [0.5, 0.6) is 5.75 Å². The maximum atomic E-state index is 13.8. The van der Waals surface area contributed by atoms with Gasteiger partial charge in [-0.25, -0.2) is 19.3 Å². The van der Waals surface area contributed by atoms with Crippen LogP contribution in [0.25, 0.3) is 11.1 Å².